The maximum Gasteiger partial charge on any atom is 0.312 e. The third kappa shape index (κ3) is 14.7. The minimum absolute atomic E-state index is 0.0823. The minimum Gasteiger partial charge on any atom is -0.352 e. The van der Waals surface area contributed by atoms with Crippen LogP contribution in [-0.4, -0.2) is 66.0 Å². The number of nitrogens with one attached hydrogen (secondary N) is 3. The second-order valence-corrected chi connectivity index (χ2v) is 6.56. The van der Waals surface area contributed by atoms with E-state index in [1.807, 2.05) is 13.8 Å². The normalized spacial score (nSPS) is 12.6. The van der Waals surface area contributed by atoms with E-state index in [1.165, 1.54) is 13.3 Å². The van der Waals surface area contributed by atoms with Crippen LogP contribution in [0.2, 0.25) is 0 Å². The SMILES string of the molecule is CC.CC(=O)C(CCCNC(N)=O)NC(=O)CNC(=O)CCN1C(=O)C=CC1=O.CCC. The number of rotatable bonds is 11. The fraction of sp³-hybridized carbons (Fsp3) is 0.619. The Kier molecular flexibility index (Phi) is 17.9. The lowest BCUT2D eigenvalue weighted by atomic mass is 10.1. The first-order chi connectivity index (χ1) is 15.1. The first-order valence-electron chi connectivity index (χ1n) is 10.8. The molecule has 0 aromatic rings. The zero-order chi connectivity index (χ0) is 25.1. The molecule has 1 heterocycles. The number of carbonyl (C=O) groups excluding carboxylic acids is 6. The smallest absolute Gasteiger partial charge is 0.312 e. The molecule has 182 valence electrons. The van der Waals surface area contributed by atoms with E-state index in [2.05, 4.69) is 29.8 Å². The molecule has 0 radical (unpaired) electrons. The molecule has 0 saturated heterocycles. The van der Waals surface area contributed by atoms with Gasteiger partial charge in [-0.3, -0.25) is 28.9 Å². The lowest BCUT2D eigenvalue weighted by molar-refractivity contribution is -0.137. The van der Waals surface area contributed by atoms with Crippen molar-refractivity contribution in [3.8, 4) is 0 Å². The van der Waals surface area contributed by atoms with E-state index in [0.717, 1.165) is 17.1 Å². The largest absolute Gasteiger partial charge is 0.352 e. The Hall–Kier alpha value is -3.24. The highest BCUT2D eigenvalue weighted by Crippen LogP contribution is 2.04. The summed E-state index contributed by atoms with van der Waals surface area (Å²) in [6, 6.07) is -1.41. The van der Waals surface area contributed by atoms with Crippen molar-refractivity contribution in [2.75, 3.05) is 19.6 Å². The molecular weight excluding hydrogens is 418 g/mol. The van der Waals surface area contributed by atoms with E-state index >= 15 is 0 Å². The molecule has 1 atom stereocenters. The van der Waals surface area contributed by atoms with Crippen LogP contribution in [0.15, 0.2) is 12.2 Å². The van der Waals surface area contributed by atoms with Crippen LogP contribution in [-0.2, 0) is 24.0 Å². The van der Waals surface area contributed by atoms with Crippen LogP contribution >= 0.6 is 0 Å². The molecule has 0 aromatic heterocycles. The Balaban J connectivity index is 0. The summed E-state index contributed by atoms with van der Waals surface area (Å²) in [5.41, 5.74) is 4.93. The van der Waals surface area contributed by atoms with Gasteiger partial charge in [-0.2, -0.15) is 0 Å². The van der Waals surface area contributed by atoms with Gasteiger partial charge in [0.15, 0.2) is 5.78 Å². The minimum atomic E-state index is -0.741. The quantitative estimate of drug-likeness (QED) is 0.259. The van der Waals surface area contributed by atoms with Crippen LogP contribution in [0.3, 0.4) is 0 Å². The van der Waals surface area contributed by atoms with Crippen LogP contribution < -0.4 is 21.7 Å². The highest BCUT2D eigenvalue weighted by molar-refractivity contribution is 6.13. The summed E-state index contributed by atoms with van der Waals surface area (Å²) in [6.07, 6.45) is 4.09. The average molecular weight is 456 g/mol. The number of amides is 6. The highest BCUT2D eigenvalue weighted by atomic mass is 16.2. The Labute approximate surface area is 189 Å². The summed E-state index contributed by atoms with van der Waals surface area (Å²) in [5.74, 6) is -2.29. The number of carbonyl (C=O) groups is 6. The number of nitrogens with zero attached hydrogens (tertiary/aromatic N) is 1. The topological polar surface area (TPSA) is 168 Å². The summed E-state index contributed by atoms with van der Waals surface area (Å²) < 4.78 is 0. The van der Waals surface area contributed by atoms with E-state index in [-0.39, 0.29) is 31.8 Å². The molecular formula is C21H37N5O6. The van der Waals surface area contributed by atoms with Gasteiger partial charge in [-0.1, -0.05) is 34.1 Å². The van der Waals surface area contributed by atoms with Gasteiger partial charge in [-0.25, -0.2) is 4.79 Å². The first-order valence-corrected chi connectivity index (χ1v) is 10.8. The average Bonchev–Trinajstić information content (AvgIpc) is 3.06. The van der Waals surface area contributed by atoms with Crippen LogP contribution in [0.25, 0.3) is 0 Å². The van der Waals surface area contributed by atoms with Gasteiger partial charge in [0.05, 0.1) is 12.6 Å². The van der Waals surface area contributed by atoms with E-state index < -0.39 is 35.7 Å². The fourth-order valence-electron chi connectivity index (χ4n) is 2.27. The molecule has 32 heavy (non-hydrogen) atoms. The van der Waals surface area contributed by atoms with Gasteiger partial charge in [0.2, 0.25) is 11.8 Å². The van der Waals surface area contributed by atoms with Gasteiger partial charge < -0.3 is 21.7 Å². The van der Waals surface area contributed by atoms with Crippen molar-refractivity contribution in [3.05, 3.63) is 12.2 Å². The summed E-state index contributed by atoms with van der Waals surface area (Å²) in [6.45, 7) is 9.42. The number of hydrogen-bond donors (Lipinski definition) is 4. The number of ketones is 1. The predicted octanol–water partition coefficient (Wildman–Crippen LogP) is 0.383. The molecule has 0 saturated carbocycles. The van der Waals surface area contributed by atoms with Crippen molar-refractivity contribution < 1.29 is 28.8 Å². The zero-order valence-corrected chi connectivity index (χ0v) is 19.7. The molecule has 0 aliphatic carbocycles. The van der Waals surface area contributed by atoms with Crippen molar-refractivity contribution in [2.45, 2.75) is 66.3 Å². The maximum absolute atomic E-state index is 11.9. The zero-order valence-electron chi connectivity index (χ0n) is 19.7. The van der Waals surface area contributed by atoms with E-state index in [4.69, 9.17) is 5.73 Å². The van der Waals surface area contributed by atoms with Gasteiger partial charge in [0.25, 0.3) is 11.8 Å². The number of imide groups is 1. The lowest BCUT2D eigenvalue weighted by Gasteiger charge is -2.16. The number of urea groups is 1. The monoisotopic (exact) mass is 455 g/mol. The molecule has 11 heteroatoms. The molecule has 1 unspecified atom stereocenters. The number of primary amides is 1. The van der Waals surface area contributed by atoms with Crippen molar-refractivity contribution >= 4 is 35.4 Å². The molecule has 0 aromatic carbocycles. The third-order valence-electron chi connectivity index (χ3n) is 3.70. The third-order valence-corrected chi connectivity index (χ3v) is 3.70. The summed E-state index contributed by atoms with van der Waals surface area (Å²) in [5, 5.41) is 7.23. The first kappa shape index (κ1) is 30.9. The predicted molar refractivity (Wildman–Crippen MR) is 120 cm³/mol. The van der Waals surface area contributed by atoms with Crippen molar-refractivity contribution in [1.29, 1.82) is 0 Å². The van der Waals surface area contributed by atoms with Gasteiger partial charge in [0.1, 0.15) is 0 Å². The maximum atomic E-state index is 11.9. The molecule has 11 nitrogen and oxygen atoms in total. The molecule has 1 rings (SSSR count). The number of hydrogen-bond acceptors (Lipinski definition) is 6. The second kappa shape index (κ2) is 18.5. The molecule has 1 aliphatic rings. The van der Waals surface area contributed by atoms with Crippen LogP contribution in [0.1, 0.15) is 60.3 Å². The standard InChI is InChI=1S/C16H23N5O6.C3H8.C2H6/c1-10(22)11(3-2-7-18-16(17)27)20-13(24)9-19-12(23)6-8-21-14(25)4-5-15(21)26;1-3-2;1-2/h4-5,11H,2-3,6-9H2,1H3,(H,19,23)(H,20,24)(H3,17,18,27);3H2,1-2H3;1-2H3. The summed E-state index contributed by atoms with van der Waals surface area (Å²) >= 11 is 0. The summed E-state index contributed by atoms with van der Waals surface area (Å²) in [7, 11) is 0. The Morgan fingerprint density at radius 2 is 1.53 bits per heavy atom. The van der Waals surface area contributed by atoms with Crippen LogP contribution in [0.4, 0.5) is 4.79 Å². The number of Topliss-reactive ketones (excluding diaryl/α,β-unsaturated/α-hetero) is 1. The molecule has 0 fully saturated rings. The Morgan fingerprint density at radius 3 is 2.00 bits per heavy atom. The molecule has 0 bridgehead atoms. The van der Waals surface area contributed by atoms with Crippen LogP contribution in [0, 0.1) is 0 Å². The summed E-state index contributed by atoms with van der Waals surface area (Å²) in [4.78, 5) is 69.4. The van der Waals surface area contributed by atoms with Gasteiger partial charge in [-0.15, -0.1) is 0 Å². The van der Waals surface area contributed by atoms with E-state index in [1.54, 1.807) is 0 Å². The fourth-order valence-corrected chi connectivity index (χ4v) is 2.27. The van der Waals surface area contributed by atoms with E-state index in [9.17, 15) is 28.8 Å². The lowest BCUT2D eigenvalue weighted by Crippen LogP contribution is -2.45. The van der Waals surface area contributed by atoms with Gasteiger partial charge >= 0.3 is 6.03 Å². The Bertz CT molecular complexity index is 660. The van der Waals surface area contributed by atoms with Crippen molar-refractivity contribution in [1.82, 2.24) is 20.9 Å². The molecule has 1 aliphatic heterocycles. The number of nitrogens with two attached hydrogens (primary N) is 1. The highest BCUT2D eigenvalue weighted by Gasteiger charge is 2.23. The van der Waals surface area contributed by atoms with Crippen LogP contribution in [0.5, 0.6) is 0 Å². The van der Waals surface area contributed by atoms with Crippen molar-refractivity contribution in [2.24, 2.45) is 5.73 Å². The van der Waals surface area contributed by atoms with Crippen molar-refractivity contribution in [3.63, 3.8) is 0 Å². The second-order valence-electron chi connectivity index (χ2n) is 6.56. The molecule has 5 N–H and O–H groups in total. The van der Waals surface area contributed by atoms with Gasteiger partial charge in [0, 0.05) is 31.7 Å². The molecule has 6 amide bonds. The Morgan fingerprint density at radius 1 is 1.00 bits per heavy atom. The van der Waals surface area contributed by atoms with E-state index in [0.29, 0.717) is 12.8 Å². The van der Waals surface area contributed by atoms with Gasteiger partial charge in [-0.05, 0) is 19.8 Å². The molecule has 0 spiro atoms.